The van der Waals surface area contributed by atoms with Gasteiger partial charge in [-0.1, -0.05) is 32.9 Å². The first kappa shape index (κ1) is 17.2. The van der Waals surface area contributed by atoms with E-state index in [4.69, 9.17) is 10.9 Å². The number of rotatable bonds is 8. The average Bonchev–Trinajstić information content (AvgIpc) is 2.46. The zero-order valence-electron chi connectivity index (χ0n) is 13.5. The number of nitrogens with zero attached hydrogens (tertiary/aromatic N) is 4. The van der Waals surface area contributed by atoms with Crippen LogP contribution in [-0.4, -0.2) is 34.1 Å². The number of aromatic nitrogens is 2. The molecule has 0 aromatic carbocycles. The molecular formula is C15H27N5O. The van der Waals surface area contributed by atoms with Gasteiger partial charge in [-0.3, -0.25) is 0 Å². The van der Waals surface area contributed by atoms with Gasteiger partial charge in [-0.25, -0.2) is 9.97 Å². The molecule has 0 aliphatic rings. The lowest BCUT2D eigenvalue weighted by Crippen LogP contribution is -2.30. The Morgan fingerprint density at radius 3 is 2.29 bits per heavy atom. The topological polar surface area (TPSA) is 87.6 Å². The first-order chi connectivity index (χ1) is 9.93. The van der Waals surface area contributed by atoms with Crippen LogP contribution in [0.1, 0.15) is 46.2 Å². The van der Waals surface area contributed by atoms with Gasteiger partial charge in [0.05, 0.1) is 0 Å². The molecule has 21 heavy (non-hydrogen) atoms. The van der Waals surface area contributed by atoms with Crippen molar-refractivity contribution in [1.29, 1.82) is 0 Å². The second kappa shape index (κ2) is 8.44. The Bertz CT molecular complexity index is 447. The monoisotopic (exact) mass is 293 g/mol. The van der Waals surface area contributed by atoms with Crippen LogP contribution in [0.3, 0.4) is 0 Å². The maximum absolute atomic E-state index is 8.76. The minimum Gasteiger partial charge on any atom is -0.409 e. The standard InChI is InChI=1S/C15H27N5O/c1-11(2)6-9-20(10-7-12(3)4)15-17-8-5-13(18-15)14(16)19-21/h5,8,11-12,21H,6-7,9-10H2,1-4H3,(H2,16,19). The third kappa shape index (κ3) is 5.97. The lowest BCUT2D eigenvalue weighted by molar-refractivity contribution is 0.318. The van der Waals surface area contributed by atoms with Crippen LogP contribution in [0.2, 0.25) is 0 Å². The van der Waals surface area contributed by atoms with Crippen LogP contribution in [0.4, 0.5) is 5.95 Å². The molecule has 118 valence electrons. The van der Waals surface area contributed by atoms with E-state index in [2.05, 4.69) is 47.7 Å². The van der Waals surface area contributed by atoms with Gasteiger partial charge in [0.15, 0.2) is 5.84 Å². The summed E-state index contributed by atoms with van der Waals surface area (Å²) >= 11 is 0. The van der Waals surface area contributed by atoms with Crippen molar-refractivity contribution >= 4 is 11.8 Å². The summed E-state index contributed by atoms with van der Waals surface area (Å²) in [6.07, 6.45) is 3.80. The highest BCUT2D eigenvalue weighted by atomic mass is 16.4. The summed E-state index contributed by atoms with van der Waals surface area (Å²) < 4.78 is 0. The Kier molecular flexibility index (Phi) is 6.91. The summed E-state index contributed by atoms with van der Waals surface area (Å²) in [4.78, 5) is 10.9. The molecule has 0 aliphatic carbocycles. The van der Waals surface area contributed by atoms with Crippen molar-refractivity contribution in [3.63, 3.8) is 0 Å². The molecule has 0 saturated heterocycles. The maximum Gasteiger partial charge on any atom is 0.225 e. The average molecular weight is 293 g/mol. The Hall–Kier alpha value is -1.85. The third-order valence-electron chi connectivity index (χ3n) is 3.25. The minimum absolute atomic E-state index is 0.00585. The summed E-state index contributed by atoms with van der Waals surface area (Å²) in [6, 6.07) is 1.64. The Morgan fingerprint density at radius 2 is 1.81 bits per heavy atom. The Morgan fingerprint density at radius 1 is 1.24 bits per heavy atom. The molecule has 0 spiro atoms. The summed E-state index contributed by atoms with van der Waals surface area (Å²) in [7, 11) is 0. The van der Waals surface area contributed by atoms with Gasteiger partial charge in [0.2, 0.25) is 5.95 Å². The molecule has 0 unspecified atom stereocenters. The van der Waals surface area contributed by atoms with Gasteiger partial charge in [0.25, 0.3) is 0 Å². The Balaban J connectivity index is 2.90. The van der Waals surface area contributed by atoms with E-state index in [9.17, 15) is 0 Å². The number of anilines is 1. The largest absolute Gasteiger partial charge is 0.409 e. The van der Waals surface area contributed by atoms with Crippen LogP contribution >= 0.6 is 0 Å². The molecule has 6 nitrogen and oxygen atoms in total. The molecule has 1 heterocycles. The predicted octanol–water partition coefficient (Wildman–Crippen LogP) is 2.47. The molecule has 0 bridgehead atoms. The molecule has 0 radical (unpaired) electrons. The van der Waals surface area contributed by atoms with E-state index in [0.29, 0.717) is 23.5 Å². The van der Waals surface area contributed by atoms with E-state index < -0.39 is 0 Å². The molecule has 0 amide bonds. The van der Waals surface area contributed by atoms with Gasteiger partial charge in [0, 0.05) is 19.3 Å². The highest BCUT2D eigenvalue weighted by molar-refractivity contribution is 5.95. The van der Waals surface area contributed by atoms with Crippen LogP contribution in [0.25, 0.3) is 0 Å². The van der Waals surface area contributed by atoms with Crippen molar-refractivity contribution in [3.8, 4) is 0 Å². The van der Waals surface area contributed by atoms with Gasteiger partial charge in [0.1, 0.15) is 5.69 Å². The van der Waals surface area contributed by atoms with Crippen molar-refractivity contribution < 1.29 is 5.21 Å². The number of oxime groups is 1. The van der Waals surface area contributed by atoms with E-state index in [-0.39, 0.29) is 5.84 Å². The fraction of sp³-hybridized carbons (Fsp3) is 0.667. The first-order valence-electron chi connectivity index (χ1n) is 7.50. The van der Waals surface area contributed by atoms with Gasteiger partial charge < -0.3 is 15.8 Å². The molecule has 1 aromatic rings. The molecule has 1 rings (SSSR count). The van der Waals surface area contributed by atoms with Crippen LogP contribution < -0.4 is 10.6 Å². The lowest BCUT2D eigenvalue weighted by Gasteiger charge is -2.24. The van der Waals surface area contributed by atoms with Gasteiger partial charge in [-0.05, 0) is 30.7 Å². The predicted molar refractivity (Wildman–Crippen MR) is 85.7 cm³/mol. The number of hydrogen-bond acceptors (Lipinski definition) is 5. The molecule has 6 heteroatoms. The third-order valence-corrected chi connectivity index (χ3v) is 3.25. The highest BCUT2D eigenvalue weighted by Gasteiger charge is 2.13. The van der Waals surface area contributed by atoms with E-state index >= 15 is 0 Å². The van der Waals surface area contributed by atoms with Crippen molar-refractivity contribution in [2.24, 2.45) is 22.7 Å². The number of nitrogens with two attached hydrogens (primary N) is 1. The molecular weight excluding hydrogens is 266 g/mol. The van der Waals surface area contributed by atoms with Crippen LogP contribution in [0.5, 0.6) is 0 Å². The van der Waals surface area contributed by atoms with E-state index in [1.54, 1.807) is 12.3 Å². The molecule has 0 saturated carbocycles. The number of amidine groups is 1. The lowest BCUT2D eigenvalue weighted by atomic mass is 10.1. The zero-order chi connectivity index (χ0) is 15.8. The first-order valence-corrected chi connectivity index (χ1v) is 7.50. The van der Waals surface area contributed by atoms with Crippen LogP contribution in [0.15, 0.2) is 17.4 Å². The van der Waals surface area contributed by atoms with Crippen molar-refractivity contribution in [3.05, 3.63) is 18.0 Å². The highest BCUT2D eigenvalue weighted by Crippen LogP contribution is 2.13. The smallest absolute Gasteiger partial charge is 0.225 e. The van der Waals surface area contributed by atoms with Gasteiger partial charge in [-0.2, -0.15) is 0 Å². The summed E-state index contributed by atoms with van der Waals surface area (Å²) in [5.41, 5.74) is 6.04. The second-order valence-electron chi connectivity index (χ2n) is 6.08. The van der Waals surface area contributed by atoms with Crippen molar-refractivity contribution in [2.75, 3.05) is 18.0 Å². The molecule has 0 aliphatic heterocycles. The molecule has 0 atom stereocenters. The molecule has 1 aromatic heterocycles. The quantitative estimate of drug-likeness (QED) is 0.333. The van der Waals surface area contributed by atoms with E-state index in [1.807, 2.05) is 0 Å². The maximum atomic E-state index is 8.76. The Labute approximate surface area is 127 Å². The zero-order valence-corrected chi connectivity index (χ0v) is 13.5. The van der Waals surface area contributed by atoms with Gasteiger partial charge in [-0.15, -0.1) is 0 Å². The SMILES string of the molecule is CC(C)CCN(CCC(C)C)c1nccc(/C(N)=N/O)n1. The minimum atomic E-state index is 0.00585. The normalized spacial score (nSPS) is 12.2. The van der Waals surface area contributed by atoms with Crippen molar-refractivity contribution in [1.82, 2.24) is 9.97 Å². The fourth-order valence-corrected chi connectivity index (χ4v) is 1.83. The summed E-state index contributed by atoms with van der Waals surface area (Å²) in [5.74, 6) is 1.89. The molecule has 3 N–H and O–H groups in total. The second-order valence-corrected chi connectivity index (χ2v) is 6.08. The summed E-state index contributed by atoms with van der Waals surface area (Å²) in [5, 5.41) is 11.8. The van der Waals surface area contributed by atoms with Gasteiger partial charge >= 0.3 is 0 Å². The van der Waals surface area contributed by atoms with E-state index in [0.717, 1.165) is 25.9 Å². The van der Waals surface area contributed by atoms with E-state index in [1.165, 1.54) is 0 Å². The van der Waals surface area contributed by atoms with Crippen LogP contribution in [0, 0.1) is 11.8 Å². The molecule has 0 fully saturated rings. The summed E-state index contributed by atoms with van der Waals surface area (Å²) in [6.45, 7) is 10.6. The fourth-order valence-electron chi connectivity index (χ4n) is 1.83. The van der Waals surface area contributed by atoms with Crippen molar-refractivity contribution in [2.45, 2.75) is 40.5 Å². The van der Waals surface area contributed by atoms with Crippen LogP contribution in [-0.2, 0) is 0 Å². The number of hydrogen-bond donors (Lipinski definition) is 2.